The van der Waals surface area contributed by atoms with E-state index in [4.69, 9.17) is 9.15 Å². The van der Waals surface area contributed by atoms with E-state index in [1.165, 1.54) is 19.3 Å². The normalized spacial score (nSPS) is 26.2. The summed E-state index contributed by atoms with van der Waals surface area (Å²) in [5.74, 6) is 1.28. The summed E-state index contributed by atoms with van der Waals surface area (Å²) in [7, 11) is 0. The number of hydrogen-bond acceptors (Lipinski definition) is 4. The Labute approximate surface area is 173 Å². The van der Waals surface area contributed by atoms with Gasteiger partial charge in [0.05, 0.1) is 18.9 Å². The number of rotatable bonds is 7. The predicted octanol–water partition coefficient (Wildman–Crippen LogP) is 3.01. The standard InChI is InChI=1S/C19H31N3O3.HI/c1-4-20-17(21-13-18(3,23)15-8-6-11-25-15)22-14-12-16(24-5-2)19(14)9-7-10-19;/h6,8,11,14,16,23H,4-5,7,9-10,12-13H2,1-3H3,(H2,20,21,22);1H. The summed E-state index contributed by atoms with van der Waals surface area (Å²) in [5, 5.41) is 17.5. The number of hydrogen-bond donors (Lipinski definition) is 3. The molecule has 7 heteroatoms. The van der Waals surface area contributed by atoms with Gasteiger partial charge in [0.25, 0.3) is 0 Å². The molecule has 1 spiro atoms. The third-order valence-electron chi connectivity index (χ3n) is 5.69. The van der Waals surface area contributed by atoms with Crippen molar-refractivity contribution in [2.75, 3.05) is 19.7 Å². The average Bonchev–Trinajstić information content (AvgIpc) is 3.05. The summed E-state index contributed by atoms with van der Waals surface area (Å²) >= 11 is 0. The molecule has 3 rings (SSSR count). The lowest BCUT2D eigenvalue weighted by atomic mass is 9.51. The summed E-state index contributed by atoms with van der Waals surface area (Å²) in [4.78, 5) is 4.60. The van der Waals surface area contributed by atoms with Crippen molar-refractivity contribution in [3.8, 4) is 0 Å². The summed E-state index contributed by atoms with van der Waals surface area (Å²) in [5.41, 5.74) is -0.844. The quantitative estimate of drug-likeness (QED) is 0.320. The number of guanidine groups is 1. The molecule has 2 aliphatic carbocycles. The van der Waals surface area contributed by atoms with Gasteiger partial charge in [-0.2, -0.15) is 0 Å². The highest BCUT2D eigenvalue weighted by molar-refractivity contribution is 14.0. The highest BCUT2D eigenvalue weighted by atomic mass is 127. The van der Waals surface area contributed by atoms with Crippen molar-refractivity contribution in [1.29, 1.82) is 0 Å². The van der Waals surface area contributed by atoms with E-state index in [-0.39, 0.29) is 35.9 Å². The Kier molecular flexibility index (Phi) is 7.38. The molecule has 26 heavy (non-hydrogen) atoms. The SMILES string of the molecule is CCNC(=NCC(C)(O)c1ccco1)NC1CC(OCC)C12CCC2.I. The molecule has 2 fully saturated rings. The topological polar surface area (TPSA) is 79.0 Å². The highest BCUT2D eigenvalue weighted by Gasteiger charge is 2.59. The minimum atomic E-state index is -1.12. The van der Waals surface area contributed by atoms with Crippen molar-refractivity contribution in [1.82, 2.24) is 10.6 Å². The van der Waals surface area contributed by atoms with Gasteiger partial charge in [0.15, 0.2) is 5.96 Å². The van der Waals surface area contributed by atoms with Crippen LogP contribution in [0, 0.1) is 5.41 Å². The minimum absolute atomic E-state index is 0. The first kappa shape index (κ1) is 21.5. The Morgan fingerprint density at radius 3 is 2.77 bits per heavy atom. The van der Waals surface area contributed by atoms with Gasteiger partial charge in [-0.25, -0.2) is 4.99 Å². The molecule has 1 heterocycles. The second kappa shape index (κ2) is 8.93. The number of ether oxygens (including phenoxy) is 1. The molecule has 0 aliphatic heterocycles. The maximum absolute atomic E-state index is 10.6. The zero-order valence-corrected chi connectivity index (χ0v) is 18.3. The maximum atomic E-state index is 10.6. The van der Waals surface area contributed by atoms with E-state index in [2.05, 4.69) is 22.5 Å². The third kappa shape index (κ3) is 4.20. The molecular weight excluding hydrogens is 445 g/mol. The zero-order chi connectivity index (χ0) is 17.9. The molecule has 0 amide bonds. The van der Waals surface area contributed by atoms with Crippen LogP contribution in [0.25, 0.3) is 0 Å². The molecule has 0 aromatic carbocycles. The second-order valence-electron chi connectivity index (χ2n) is 7.41. The Bertz CT molecular complexity index is 585. The van der Waals surface area contributed by atoms with Gasteiger partial charge in [-0.15, -0.1) is 24.0 Å². The monoisotopic (exact) mass is 477 g/mol. The molecule has 6 nitrogen and oxygen atoms in total. The van der Waals surface area contributed by atoms with Crippen molar-refractivity contribution in [3.63, 3.8) is 0 Å². The van der Waals surface area contributed by atoms with Gasteiger partial charge in [0.2, 0.25) is 0 Å². The molecule has 2 aliphatic rings. The van der Waals surface area contributed by atoms with Gasteiger partial charge in [0, 0.05) is 24.6 Å². The van der Waals surface area contributed by atoms with Gasteiger partial charge in [-0.3, -0.25) is 0 Å². The summed E-state index contributed by atoms with van der Waals surface area (Å²) < 4.78 is 11.2. The Morgan fingerprint density at radius 1 is 1.46 bits per heavy atom. The van der Waals surface area contributed by atoms with E-state index in [9.17, 15) is 5.11 Å². The molecule has 2 saturated carbocycles. The molecule has 3 atom stereocenters. The molecule has 3 unspecified atom stereocenters. The van der Waals surface area contributed by atoms with Crippen molar-refractivity contribution < 1.29 is 14.3 Å². The van der Waals surface area contributed by atoms with Crippen LogP contribution in [-0.4, -0.2) is 42.9 Å². The van der Waals surface area contributed by atoms with Crippen molar-refractivity contribution in [2.24, 2.45) is 10.4 Å². The van der Waals surface area contributed by atoms with Crippen molar-refractivity contribution in [3.05, 3.63) is 24.2 Å². The second-order valence-corrected chi connectivity index (χ2v) is 7.41. The maximum Gasteiger partial charge on any atom is 0.191 e. The van der Waals surface area contributed by atoms with E-state index >= 15 is 0 Å². The summed E-state index contributed by atoms with van der Waals surface area (Å²) in [6, 6.07) is 3.95. The number of nitrogens with one attached hydrogen (secondary N) is 2. The molecule has 148 valence electrons. The van der Waals surface area contributed by atoms with Crippen LogP contribution in [-0.2, 0) is 10.3 Å². The van der Waals surface area contributed by atoms with Crippen LogP contribution in [0.3, 0.4) is 0 Å². The Hall–Kier alpha value is -0.800. The van der Waals surface area contributed by atoms with Crippen molar-refractivity contribution in [2.45, 2.75) is 64.2 Å². The largest absolute Gasteiger partial charge is 0.466 e. The van der Waals surface area contributed by atoms with Crippen LogP contribution in [0.5, 0.6) is 0 Å². The van der Waals surface area contributed by atoms with E-state index in [1.54, 1.807) is 25.3 Å². The number of nitrogens with zero attached hydrogens (tertiary/aromatic N) is 1. The van der Waals surface area contributed by atoms with Crippen molar-refractivity contribution >= 4 is 29.9 Å². The Balaban J connectivity index is 0.00000243. The Morgan fingerprint density at radius 2 is 2.23 bits per heavy atom. The lowest BCUT2D eigenvalue weighted by molar-refractivity contribution is -0.168. The molecular formula is C19H32IN3O3. The fraction of sp³-hybridized carbons (Fsp3) is 0.737. The first-order chi connectivity index (χ1) is 12.0. The highest BCUT2D eigenvalue weighted by Crippen LogP contribution is 2.57. The van der Waals surface area contributed by atoms with E-state index in [0.717, 1.165) is 25.5 Å². The lowest BCUT2D eigenvalue weighted by Crippen LogP contribution is -2.68. The molecule has 1 aromatic heterocycles. The van der Waals surface area contributed by atoms with Gasteiger partial charge in [0.1, 0.15) is 11.4 Å². The van der Waals surface area contributed by atoms with Gasteiger partial charge in [-0.05, 0) is 52.2 Å². The van der Waals surface area contributed by atoms with Crippen LogP contribution in [0.4, 0.5) is 0 Å². The molecule has 0 saturated heterocycles. The molecule has 3 N–H and O–H groups in total. The van der Waals surface area contributed by atoms with E-state index < -0.39 is 5.60 Å². The van der Waals surface area contributed by atoms with Crippen LogP contribution in [0.15, 0.2) is 27.8 Å². The third-order valence-corrected chi connectivity index (χ3v) is 5.69. The molecule has 0 radical (unpaired) electrons. The smallest absolute Gasteiger partial charge is 0.191 e. The number of halogens is 1. The van der Waals surface area contributed by atoms with E-state index in [1.807, 2.05) is 6.92 Å². The first-order valence-corrected chi connectivity index (χ1v) is 9.44. The average molecular weight is 477 g/mol. The number of aliphatic hydroxyl groups is 1. The number of aliphatic imine (C=N–C) groups is 1. The van der Waals surface area contributed by atoms with Crippen LogP contribution in [0.2, 0.25) is 0 Å². The lowest BCUT2D eigenvalue weighted by Gasteiger charge is -2.61. The van der Waals surface area contributed by atoms with E-state index in [0.29, 0.717) is 17.9 Å². The molecule has 1 aromatic rings. The van der Waals surface area contributed by atoms with Gasteiger partial charge >= 0.3 is 0 Å². The summed E-state index contributed by atoms with van der Waals surface area (Å²) in [6.45, 7) is 7.63. The summed E-state index contributed by atoms with van der Waals surface area (Å²) in [6.07, 6.45) is 6.69. The van der Waals surface area contributed by atoms with Gasteiger partial charge < -0.3 is 24.9 Å². The first-order valence-electron chi connectivity index (χ1n) is 9.44. The zero-order valence-electron chi connectivity index (χ0n) is 16.0. The predicted molar refractivity (Wildman–Crippen MR) is 113 cm³/mol. The fourth-order valence-electron chi connectivity index (χ4n) is 4.02. The molecule has 0 bridgehead atoms. The number of furan rings is 1. The van der Waals surface area contributed by atoms with Crippen LogP contribution in [0.1, 0.15) is 52.2 Å². The fourth-order valence-corrected chi connectivity index (χ4v) is 4.02. The van der Waals surface area contributed by atoms with Crippen LogP contribution >= 0.6 is 24.0 Å². The van der Waals surface area contributed by atoms with Gasteiger partial charge in [-0.1, -0.05) is 6.42 Å². The minimum Gasteiger partial charge on any atom is -0.466 e. The van der Waals surface area contributed by atoms with Crippen LogP contribution < -0.4 is 10.6 Å².